The molecule has 2 N–H and O–H groups in total. The molecule has 1 amide bonds. The molecule has 20 heavy (non-hydrogen) atoms. The highest BCUT2D eigenvalue weighted by molar-refractivity contribution is 8.00. The summed E-state index contributed by atoms with van der Waals surface area (Å²) >= 11 is 4.49. The fourth-order valence-electron chi connectivity index (χ4n) is 1.73. The topological polar surface area (TPSA) is 81.8 Å². The number of rotatable bonds is 4. The summed E-state index contributed by atoms with van der Waals surface area (Å²) in [6.45, 7) is 1.95. The third-order valence-electron chi connectivity index (χ3n) is 2.50. The highest BCUT2D eigenvalue weighted by atomic mass is 32.2. The van der Waals surface area contributed by atoms with Gasteiger partial charge in [-0.15, -0.1) is 32.9 Å². The van der Waals surface area contributed by atoms with E-state index in [0.717, 1.165) is 25.8 Å². The molecule has 8 heteroatoms. The van der Waals surface area contributed by atoms with E-state index in [1.54, 1.807) is 22.7 Å². The maximum absolute atomic E-state index is 10.9. The van der Waals surface area contributed by atoms with Crippen molar-refractivity contribution in [3.8, 4) is 10.6 Å². The first kappa shape index (κ1) is 13.5. The van der Waals surface area contributed by atoms with E-state index in [0.29, 0.717) is 5.03 Å². The van der Waals surface area contributed by atoms with Crippen LogP contribution >= 0.6 is 34.4 Å². The highest BCUT2D eigenvalue weighted by Crippen LogP contribution is 2.36. The fraction of sp³-hybridized carbons (Fsp3) is 0.167. The number of aryl methyl sites for hydroxylation is 1. The van der Waals surface area contributed by atoms with Crippen LogP contribution in [0.25, 0.3) is 20.8 Å². The molecule has 0 aliphatic carbocycles. The summed E-state index contributed by atoms with van der Waals surface area (Å²) in [5, 5.41) is 12.1. The molecular weight excluding hydrogens is 312 g/mol. The molecule has 0 aliphatic rings. The molecule has 3 rings (SSSR count). The van der Waals surface area contributed by atoms with E-state index in [9.17, 15) is 4.79 Å². The Morgan fingerprint density at radius 3 is 3.00 bits per heavy atom. The minimum atomic E-state index is -0.376. The van der Waals surface area contributed by atoms with Crippen molar-refractivity contribution in [1.29, 1.82) is 0 Å². The zero-order chi connectivity index (χ0) is 14.1. The van der Waals surface area contributed by atoms with Gasteiger partial charge in [0.2, 0.25) is 5.91 Å². The number of carbonyl (C=O) groups excluding carboxylic acids is 1. The van der Waals surface area contributed by atoms with Gasteiger partial charge in [-0.2, -0.15) is 0 Å². The molecule has 0 atom stereocenters. The summed E-state index contributed by atoms with van der Waals surface area (Å²) in [5.41, 5.74) is 6.83. The number of thiophene rings is 1. The van der Waals surface area contributed by atoms with Crippen LogP contribution in [0.3, 0.4) is 0 Å². The molecule has 0 aliphatic heterocycles. The van der Waals surface area contributed by atoms with Crippen LogP contribution in [0.5, 0.6) is 0 Å². The van der Waals surface area contributed by atoms with Gasteiger partial charge < -0.3 is 5.73 Å². The molecule has 3 heterocycles. The SMILES string of the molecule is Cc1nc2c(SCC(N)=O)nnc(-c3cccs3)c2s1. The van der Waals surface area contributed by atoms with E-state index < -0.39 is 0 Å². The van der Waals surface area contributed by atoms with Crippen molar-refractivity contribution in [2.24, 2.45) is 5.73 Å². The average molecular weight is 322 g/mol. The molecule has 3 aromatic rings. The van der Waals surface area contributed by atoms with Crippen LogP contribution in [0.15, 0.2) is 22.5 Å². The molecule has 0 unspecified atom stereocenters. The van der Waals surface area contributed by atoms with Crippen LogP contribution in [0.2, 0.25) is 0 Å². The third-order valence-corrected chi connectivity index (χ3v) is 5.33. The van der Waals surface area contributed by atoms with Gasteiger partial charge in [-0.05, 0) is 18.4 Å². The molecular formula is C12H10N4OS3. The molecule has 0 spiro atoms. The maximum atomic E-state index is 10.9. The third kappa shape index (κ3) is 2.54. The molecule has 0 radical (unpaired) electrons. The number of nitrogens with two attached hydrogens (primary N) is 1. The smallest absolute Gasteiger partial charge is 0.227 e. The molecule has 102 valence electrons. The van der Waals surface area contributed by atoms with E-state index in [-0.39, 0.29) is 11.7 Å². The van der Waals surface area contributed by atoms with Crippen molar-refractivity contribution in [2.75, 3.05) is 5.75 Å². The molecule has 3 aromatic heterocycles. The number of aromatic nitrogens is 3. The van der Waals surface area contributed by atoms with Crippen molar-refractivity contribution in [3.05, 3.63) is 22.5 Å². The standard InChI is InChI=1S/C12H10N4OS3/c1-6-14-10-11(20-6)9(7-3-2-4-18-7)15-16-12(10)19-5-8(13)17/h2-4H,5H2,1H3,(H2,13,17). The van der Waals surface area contributed by atoms with Gasteiger partial charge in [0.25, 0.3) is 0 Å². The normalized spacial score (nSPS) is 11.1. The summed E-state index contributed by atoms with van der Waals surface area (Å²) in [6.07, 6.45) is 0. The van der Waals surface area contributed by atoms with Gasteiger partial charge in [-0.3, -0.25) is 4.79 Å². The van der Waals surface area contributed by atoms with Gasteiger partial charge in [0.1, 0.15) is 16.2 Å². The maximum Gasteiger partial charge on any atom is 0.227 e. The number of thiazole rings is 1. The van der Waals surface area contributed by atoms with E-state index in [1.165, 1.54) is 11.8 Å². The van der Waals surface area contributed by atoms with Crippen molar-refractivity contribution in [3.63, 3.8) is 0 Å². The predicted molar refractivity (Wildman–Crippen MR) is 83.2 cm³/mol. The lowest BCUT2D eigenvalue weighted by Crippen LogP contribution is -2.13. The summed E-state index contributed by atoms with van der Waals surface area (Å²) in [7, 11) is 0. The number of amides is 1. The second-order valence-electron chi connectivity index (χ2n) is 4.00. The molecule has 0 saturated heterocycles. The average Bonchev–Trinajstić information content (AvgIpc) is 3.03. The van der Waals surface area contributed by atoms with Crippen LogP contribution in [0, 0.1) is 6.92 Å². The first-order valence-electron chi connectivity index (χ1n) is 5.74. The van der Waals surface area contributed by atoms with Gasteiger partial charge in [0.05, 0.1) is 20.3 Å². The Labute approximate surface area is 127 Å². The molecule has 5 nitrogen and oxygen atoms in total. The number of nitrogens with zero attached hydrogens (tertiary/aromatic N) is 3. The molecule has 0 saturated carbocycles. The lowest BCUT2D eigenvalue weighted by atomic mass is 10.3. The van der Waals surface area contributed by atoms with Gasteiger partial charge in [-0.25, -0.2) is 4.98 Å². The van der Waals surface area contributed by atoms with Crippen LogP contribution < -0.4 is 5.73 Å². The van der Waals surface area contributed by atoms with Crippen LogP contribution in [-0.4, -0.2) is 26.8 Å². The van der Waals surface area contributed by atoms with Crippen LogP contribution in [-0.2, 0) is 4.79 Å². The first-order valence-corrected chi connectivity index (χ1v) is 8.42. The lowest BCUT2D eigenvalue weighted by molar-refractivity contribution is -0.115. The zero-order valence-corrected chi connectivity index (χ0v) is 12.9. The minimum absolute atomic E-state index is 0.179. The van der Waals surface area contributed by atoms with Gasteiger partial charge in [0, 0.05) is 0 Å². The number of carbonyl (C=O) groups is 1. The first-order chi connectivity index (χ1) is 9.65. The Balaban J connectivity index is 2.12. The Hall–Kier alpha value is -1.51. The van der Waals surface area contributed by atoms with Crippen LogP contribution in [0.1, 0.15) is 5.01 Å². The quantitative estimate of drug-likeness (QED) is 0.747. The Bertz CT molecular complexity index is 766. The van der Waals surface area contributed by atoms with Crippen molar-refractivity contribution < 1.29 is 4.79 Å². The van der Waals surface area contributed by atoms with Crippen LogP contribution in [0.4, 0.5) is 0 Å². The Morgan fingerprint density at radius 1 is 1.45 bits per heavy atom. The molecule has 0 fully saturated rings. The number of thioether (sulfide) groups is 1. The van der Waals surface area contributed by atoms with Gasteiger partial charge >= 0.3 is 0 Å². The van der Waals surface area contributed by atoms with Crippen molar-refractivity contribution in [2.45, 2.75) is 11.9 Å². The summed E-state index contributed by atoms with van der Waals surface area (Å²) in [5.74, 6) is -0.196. The Morgan fingerprint density at radius 2 is 2.30 bits per heavy atom. The number of fused-ring (bicyclic) bond motifs is 1. The van der Waals surface area contributed by atoms with E-state index in [2.05, 4.69) is 15.2 Å². The highest BCUT2D eigenvalue weighted by Gasteiger charge is 2.16. The van der Waals surface area contributed by atoms with Crippen molar-refractivity contribution in [1.82, 2.24) is 15.2 Å². The van der Waals surface area contributed by atoms with E-state index in [1.807, 2.05) is 24.4 Å². The molecule has 0 bridgehead atoms. The monoisotopic (exact) mass is 322 g/mol. The van der Waals surface area contributed by atoms with Gasteiger partial charge in [0.15, 0.2) is 0 Å². The van der Waals surface area contributed by atoms with E-state index >= 15 is 0 Å². The number of hydrogen-bond acceptors (Lipinski definition) is 7. The lowest BCUT2D eigenvalue weighted by Gasteiger charge is -2.02. The summed E-state index contributed by atoms with van der Waals surface area (Å²) in [6, 6.07) is 4.00. The number of hydrogen-bond donors (Lipinski definition) is 1. The van der Waals surface area contributed by atoms with Crippen molar-refractivity contribution >= 4 is 50.6 Å². The van der Waals surface area contributed by atoms with E-state index in [4.69, 9.17) is 5.73 Å². The fourth-order valence-corrected chi connectivity index (χ4v) is 4.16. The second kappa shape index (κ2) is 5.47. The zero-order valence-electron chi connectivity index (χ0n) is 10.5. The van der Waals surface area contributed by atoms with Gasteiger partial charge in [-0.1, -0.05) is 17.8 Å². The minimum Gasteiger partial charge on any atom is -0.369 e. The summed E-state index contributed by atoms with van der Waals surface area (Å²) in [4.78, 5) is 16.5. The Kier molecular flexibility index (Phi) is 3.68. The molecule has 0 aromatic carbocycles. The largest absolute Gasteiger partial charge is 0.369 e. The summed E-state index contributed by atoms with van der Waals surface area (Å²) < 4.78 is 1.01. The predicted octanol–water partition coefficient (Wildman–Crippen LogP) is 2.70. The number of primary amides is 1. The second-order valence-corrected chi connectivity index (χ2v) is 7.11.